The van der Waals surface area contributed by atoms with Gasteiger partial charge in [-0.25, -0.2) is 4.39 Å². The van der Waals surface area contributed by atoms with E-state index in [1.807, 2.05) is 30.1 Å². The number of hydrogen-bond donors (Lipinski definition) is 1. The zero-order valence-corrected chi connectivity index (χ0v) is 13.4. The van der Waals surface area contributed by atoms with E-state index in [0.717, 1.165) is 16.8 Å². The van der Waals surface area contributed by atoms with Crippen molar-refractivity contribution in [2.24, 2.45) is 7.05 Å². The Hall–Kier alpha value is -1.68. The predicted octanol–water partition coefficient (Wildman–Crippen LogP) is 3.85. The summed E-state index contributed by atoms with van der Waals surface area (Å²) in [7, 11) is 1.92. The summed E-state index contributed by atoms with van der Waals surface area (Å²) >= 11 is 0. The van der Waals surface area contributed by atoms with Gasteiger partial charge in [0.15, 0.2) is 0 Å². The van der Waals surface area contributed by atoms with Crippen LogP contribution in [0, 0.1) is 5.82 Å². The normalized spacial score (nSPS) is 11.6. The number of halogens is 1. The maximum Gasteiger partial charge on any atom is 0.127 e. The SMILES string of the molecule is CC(C)NCc1cc(-c2cn(C)nc2C(C)C)ccc1F. The lowest BCUT2D eigenvalue weighted by molar-refractivity contribution is 0.553. The fourth-order valence-corrected chi connectivity index (χ4v) is 2.35. The maximum atomic E-state index is 13.9. The summed E-state index contributed by atoms with van der Waals surface area (Å²) in [6, 6.07) is 5.63. The van der Waals surface area contributed by atoms with E-state index >= 15 is 0 Å². The van der Waals surface area contributed by atoms with Crippen LogP contribution in [-0.4, -0.2) is 15.8 Å². The van der Waals surface area contributed by atoms with E-state index in [9.17, 15) is 4.39 Å². The van der Waals surface area contributed by atoms with Crippen molar-refractivity contribution in [3.63, 3.8) is 0 Å². The van der Waals surface area contributed by atoms with Gasteiger partial charge in [-0.3, -0.25) is 4.68 Å². The van der Waals surface area contributed by atoms with Gasteiger partial charge < -0.3 is 5.32 Å². The second-order valence-corrected chi connectivity index (χ2v) is 6.10. The average molecular weight is 289 g/mol. The van der Waals surface area contributed by atoms with Gasteiger partial charge in [0.2, 0.25) is 0 Å². The van der Waals surface area contributed by atoms with Crippen LogP contribution in [0.15, 0.2) is 24.4 Å². The van der Waals surface area contributed by atoms with Crippen LogP contribution in [-0.2, 0) is 13.6 Å². The fraction of sp³-hybridized carbons (Fsp3) is 0.471. The molecule has 3 nitrogen and oxygen atoms in total. The summed E-state index contributed by atoms with van der Waals surface area (Å²) in [6.45, 7) is 8.89. The average Bonchev–Trinajstić information content (AvgIpc) is 2.80. The smallest absolute Gasteiger partial charge is 0.127 e. The van der Waals surface area contributed by atoms with Crippen molar-refractivity contribution in [1.29, 1.82) is 0 Å². The Bertz CT molecular complexity index is 614. The Morgan fingerprint density at radius 3 is 2.57 bits per heavy atom. The van der Waals surface area contributed by atoms with E-state index in [0.29, 0.717) is 24.1 Å². The fourth-order valence-electron chi connectivity index (χ4n) is 2.35. The number of aromatic nitrogens is 2. The molecular formula is C17H24FN3. The molecule has 1 aromatic heterocycles. The third kappa shape index (κ3) is 3.70. The van der Waals surface area contributed by atoms with E-state index in [1.165, 1.54) is 0 Å². The van der Waals surface area contributed by atoms with Gasteiger partial charge in [-0.2, -0.15) is 5.10 Å². The Kier molecular flexibility index (Phi) is 4.78. The van der Waals surface area contributed by atoms with Gasteiger partial charge in [-0.1, -0.05) is 33.8 Å². The molecule has 0 radical (unpaired) electrons. The van der Waals surface area contributed by atoms with Crippen LogP contribution in [0.1, 0.15) is 44.9 Å². The standard InChI is InChI=1S/C17H24FN3/c1-11(2)17-15(10-21(5)20-17)13-6-7-16(18)14(8-13)9-19-12(3)4/h6-8,10-12,19H,9H2,1-5H3. The van der Waals surface area contributed by atoms with Crippen LogP contribution in [0.2, 0.25) is 0 Å². The van der Waals surface area contributed by atoms with E-state index in [-0.39, 0.29) is 5.82 Å². The number of hydrogen-bond acceptors (Lipinski definition) is 2. The van der Waals surface area contributed by atoms with Crippen molar-refractivity contribution in [1.82, 2.24) is 15.1 Å². The van der Waals surface area contributed by atoms with Crippen molar-refractivity contribution in [2.75, 3.05) is 0 Å². The molecule has 0 saturated heterocycles. The van der Waals surface area contributed by atoms with Gasteiger partial charge in [0.25, 0.3) is 0 Å². The van der Waals surface area contributed by atoms with Crippen molar-refractivity contribution in [2.45, 2.75) is 46.2 Å². The minimum absolute atomic E-state index is 0.165. The van der Waals surface area contributed by atoms with Gasteiger partial charge in [-0.05, 0) is 23.6 Å². The van der Waals surface area contributed by atoms with E-state index < -0.39 is 0 Å². The van der Waals surface area contributed by atoms with Crippen LogP contribution in [0.5, 0.6) is 0 Å². The molecule has 0 spiro atoms. The molecule has 0 saturated carbocycles. The minimum Gasteiger partial charge on any atom is -0.310 e. The van der Waals surface area contributed by atoms with Crippen molar-refractivity contribution in [3.8, 4) is 11.1 Å². The highest BCUT2D eigenvalue weighted by atomic mass is 19.1. The summed E-state index contributed by atoms with van der Waals surface area (Å²) in [5, 5.41) is 7.78. The summed E-state index contributed by atoms with van der Waals surface area (Å²) in [6.07, 6.45) is 2.00. The van der Waals surface area contributed by atoms with Gasteiger partial charge in [0.05, 0.1) is 5.69 Å². The van der Waals surface area contributed by atoms with Crippen LogP contribution >= 0.6 is 0 Å². The summed E-state index contributed by atoms with van der Waals surface area (Å²) < 4.78 is 15.8. The first kappa shape index (κ1) is 15.7. The van der Waals surface area contributed by atoms with E-state index in [4.69, 9.17) is 0 Å². The Labute approximate surface area is 126 Å². The quantitative estimate of drug-likeness (QED) is 0.906. The zero-order valence-electron chi connectivity index (χ0n) is 13.4. The lowest BCUT2D eigenvalue weighted by Gasteiger charge is -2.11. The Morgan fingerprint density at radius 2 is 1.95 bits per heavy atom. The van der Waals surface area contributed by atoms with Gasteiger partial charge in [-0.15, -0.1) is 0 Å². The number of rotatable bonds is 5. The lowest BCUT2D eigenvalue weighted by atomic mass is 9.98. The first-order chi connectivity index (χ1) is 9.88. The second-order valence-electron chi connectivity index (χ2n) is 6.10. The second kappa shape index (κ2) is 6.39. The molecule has 2 rings (SSSR count). The topological polar surface area (TPSA) is 29.9 Å². The Balaban J connectivity index is 2.38. The Morgan fingerprint density at radius 1 is 1.24 bits per heavy atom. The molecule has 0 unspecified atom stereocenters. The number of aryl methyl sites for hydroxylation is 1. The molecule has 0 aliphatic heterocycles. The molecule has 0 amide bonds. The molecule has 21 heavy (non-hydrogen) atoms. The zero-order chi connectivity index (χ0) is 15.6. The van der Waals surface area contributed by atoms with E-state index in [2.05, 4.69) is 38.1 Å². The number of nitrogens with one attached hydrogen (secondary N) is 1. The van der Waals surface area contributed by atoms with Crippen LogP contribution in [0.25, 0.3) is 11.1 Å². The highest BCUT2D eigenvalue weighted by Gasteiger charge is 2.14. The van der Waals surface area contributed by atoms with Crippen molar-refractivity contribution in [3.05, 3.63) is 41.5 Å². The monoisotopic (exact) mass is 289 g/mol. The molecule has 1 N–H and O–H groups in total. The molecular weight excluding hydrogens is 265 g/mol. The molecule has 1 heterocycles. The van der Waals surface area contributed by atoms with Crippen molar-refractivity contribution < 1.29 is 4.39 Å². The van der Waals surface area contributed by atoms with Crippen LogP contribution in [0.4, 0.5) is 4.39 Å². The van der Waals surface area contributed by atoms with Gasteiger partial charge >= 0.3 is 0 Å². The number of nitrogens with zero attached hydrogens (tertiary/aromatic N) is 2. The molecule has 1 aromatic carbocycles. The molecule has 0 fully saturated rings. The first-order valence-corrected chi connectivity index (χ1v) is 7.44. The molecule has 0 bridgehead atoms. The largest absolute Gasteiger partial charge is 0.310 e. The molecule has 0 atom stereocenters. The van der Waals surface area contributed by atoms with Gasteiger partial charge in [0.1, 0.15) is 5.82 Å². The van der Waals surface area contributed by atoms with Gasteiger partial charge in [0, 0.05) is 37.0 Å². The lowest BCUT2D eigenvalue weighted by Crippen LogP contribution is -2.22. The molecule has 4 heteroatoms. The van der Waals surface area contributed by atoms with Crippen molar-refractivity contribution >= 4 is 0 Å². The summed E-state index contributed by atoms with van der Waals surface area (Å²) in [5.74, 6) is 0.172. The number of benzene rings is 1. The predicted molar refractivity (Wildman–Crippen MR) is 84.7 cm³/mol. The third-order valence-electron chi connectivity index (χ3n) is 3.46. The summed E-state index contributed by atoms with van der Waals surface area (Å²) in [4.78, 5) is 0. The highest BCUT2D eigenvalue weighted by molar-refractivity contribution is 5.66. The molecule has 2 aromatic rings. The maximum absolute atomic E-state index is 13.9. The molecule has 0 aliphatic carbocycles. The molecule has 0 aliphatic rings. The van der Waals surface area contributed by atoms with Crippen LogP contribution in [0.3, 0.4) is 0 Å². The first-order valence-electron chi connectivity index (χ1n) is 7.44. The van der Waals surface area contributed by atoms with Crippen LogP contribution < -0.4 is 5.32 Å². The highest BCUT2D eigenvalue weighted by Crippen LogP contribution is 2.29. The summed E-state index contributed by atoms with van der Waals surface area (Å²) in [5.41, 5.74) is 3.85. The molecule has 114 valence electrons. The minimum atomic E-state index is -0.165. The third-order valence-corrected chi connectivity index (χ3v) is 3.46. The van der Waals surface area contributed by atoms with E-state index in [1.54, 1.807) is 6.07 Å².